The number of dihydropyridines is 1. The summed E-state index contributed by atoms with van der Waals surface area (Å²) in [7, 11) is 0. The average Bonchev–Trinajstić information content (AvgIpc) is 1.90. The highest BCUT2D eigenvalue weighted by molar-refractivity contribution is 5.78. The van der Waals surface area contributed by atoms with Gasteiger partial charge >= 0.3 is 0 Å². The van der Waals surface area contributed by atoms with Crippen LogP contribution in [0, 0.1) is 0 Å². The van der Waals surface area contributed by atoms with Gasteiger partial charge in [0.05, 0.1) is 12.6 Å². The third-order valence-electron chi connectivity index (χ3n) is 1.41. The van der Waals surface area contributed by atoms with Crippen molar-refractivity contribution < 1.29 is 5.11 Å². The minimum atomic E-state index is 0.119. The number of nitrogens with zero attached hydrogens (tertiary/aromatic N) is 1. The molecule has 0 aromatic heterocycles. The van der Waals surface area contributed by atoms with Crippen molar-refractivity contribution in [2.75, 3.05) is 6.61 Å². The second-order valence-corrected chi connectivity index (χ2v) is 2.30. The lowest BCUT2D eigenvalue weighted by molar-refractivity contribution is 0.267. The molecule has 1 N–H and O–H groups in total. The predicted molar refractivity (Wildman–Crippen MR) is 37.7 cm³/mol. The van der Waals surface area contributed by atoms with E-state index in [4.69, 9.17) is 5.11 Å². The van der Waals surface area contributed by atoms with Gasteiger partial charge < -0.3 is 5.11 Å². The fourth-order valence-corrected chi connectivity index (χ4v) is 0.780. The summed E-state index contributed by atoms with van der Waals surface area (Å²) < 4.78 is 0. The highest BCUT2D eigenvalue weighted by Gasteiger charge is 2.04. The van der Waals surface area contributed by atoms with E-state index < -0.39 is 0 Å². The van der Waals surface area contributed by atoms with Gasteiger partial charge in [0.25, 0.3) is 0 Å². The third kappa shape index (κ3) is 1.64. The smallest absolute Gasteiger partial charge is 0.0764 e. The van der Waals surface area contributed by atoms with Crippen LogP contribution in [0.15, 0.2) is 16.6 Å². The Hall–Kier alpha value is -0.630. The van der Waals surface area contributed by atoms with Crippen molar-refractivity contribution in [1.29, 1.82) is 0 Å². The first-order valence-corrected chi connectivity index (χ1v) is 3.13. The number of allylic oxidation sites excluding steroid dienone is 1. The molecule has 0 saturated heterocycles. The van der Waals surface area contributed by atoms with Crippen LogP contribution in [0.3, 0.4) is 0 Å². The Morgan fingerprint density at radius 1 is 1.89 bits per heavy atom. The SMILES string of the molecule is CC1=CCC(CO)N=C1. The van der Waals surface area contributed by atoms with Crippen molar-refractivity contribution >= 4 is 6.21 Å². The van der Waals surface area contributed by atoms with Crippen LogP contribution in [0.5, 0.6) is 0 Å². The molecule has 2 heteroatoms. The van der Waals surface area contributed by atoms with Crippen LogP contribution < -0.4 is 0 Å². The van der Waals surface area contributed by atoms with Crippen LogP contribution >= 0.6 is 0 Å². The van der Waals surface area contributed by atoms with E-state index in [2.05, 4.69) is 11.1 Å². The molecule has 1 heterocycles. The standard InChI is InChI=1S/C7H11NO/c1-6-2-3-7(5-9)8-4-6/h2,4,7,9H,3,5H2,1H3. The number of rotatable bonds is 1. The van der Waals surface area contributed by atoms with E-state index in [9.17, 15) is 0 Å². The zero-order valence-corrected chi connectivity index (χ0v) is 5.54. The van der Waals surface area contributed by atoms with E-state index in [0.29, 0.717) is 0 Å². The van der Waals surface area contributed by atoms with E-state index >= 15 is 0 Å². The first-order chi connectivity index (χ1) is 4.33. The molecule has 2 nitrogen and oxygen atoms in total. The summed E-state index contributed by atoms with van der Waals surface area (Å²) in [5.41, 5.74) is 1.19. The quantitative estimate of drug-likeness (QED) is 0.551. The summed E-state index contributed by atoms with van der Waals surface area (Å²) in [6.45, 7) is 2.18. The Kier molecular flexibility index (Phi) is 2.01. The van der Waals surface area contributed by atoms with Gasteiger partial charge in [-0.15, -0.1) is 0 Å². The molecule has 0 aromatic rings. The third-order valence-corrected chi connectivity index (χ3v) is 1.41. The van der Waals surface area contributed by atoms with Gasteiger partial charge in [-0.3, -0.25) is 4.99 Å². The topological polar surface area (TPSA) is 32.6 Å². The van der Waals surface area contributed by atoms with Crippen LogP contribution in [0.1, 0.15) is 13.3 Å². The molecule has 0 saturated carbocycles. The summed E-state index contributed by atoms with van der Waals surface area (Å²) in [4.78, 5) is 4.09. The summed E-state index contributed by atoms with van der Waals surface area (Å²) in [5.74, 6) is 0. The molecule has 1 rings (SSSR count). The monoisotopic (exact) mass is 125 g/mol. The second-order valence-electron chi connectivity index (χ2n) is 2.30. The molecule has 0 aliphatic carbocycles. The lowest BCUT2D eigenvalue weighted by atomic mass is 10.1. The molecule has 50 valence electrons. The first kappa shape index (κ1) is 6.49. The molecule has 1 aliphatic heterocycles. The molecular weight excluding hydrogens is 114 g/mol. The maximum atomic E-state index is 8.63. The molecule has 0 fully saturated rings. The Morgan fingerprint density at radius 2 is 2.67 bits per heavy atom. The van der Waals surface area contributed by atoms with Crippen molar-refractivity contribution in [3.63, 3.8) is 0 Å². The lowest BCUT2D eigenvalue weighted by Gasteiger charge is -2.09. The second kappa shape index (κ2) is 2.78. The van der Waals surface area contributed by atoms with Crippen LogP contribution in [0.25, 0.3) is 0 Å². The Morgan fingerprint density at radius 3 is 3.11 bits per heavy atom. The fraction of sp³-hybridized carbons (Fsp3) is 0.571. The normalized spacial score (nSPS) is 26.0. The molecular formula is C7H11NO. The van der Waals surface area contributed by atoms with Gasteiger partial charge in [-0.05, 0) is 18.9 Å². The van der Waals surface area contributed by atoms with E-state index in [1.54, 1.807) is 0 Å². The maximum absolute atomic E-state index is 8.63. The molecule has 0 spiro atoms. The molecule has 0 bridgehead atoms. The molecule has 0 aromatic carbocycles. The summed E-state index contributed by atoms with van der Waals surface area (Å²) >= 11 is 0. The number of hydrogen-bond donors (Lipinski definition) is 1. The zero-order chi connectivity index (χ0) is 6.69. The summed E-state index contributed by atoms with van der Waals surface area (Å²) in [6, 6.07) is 0.119. The van der Waals surface area contributed by atoms with Crippen LogP contribution in [0.4, 0.5) is 0 Å². The van der Waals surface area contributed by atoms with E-state index in [0.717, 1.165) is 6.42 Å². The van der Waals surface area contributed by atoms with Gasteiger partial charge in [0, 0.05) is 6.21 Å². The molecule has 1 aliphatic rings. The number of aliphatic imine (C=N–C) groups is 1. The van der Waals surface area contributed by atoms with Gasteiger partial charge in [-0.25, -0.2) is 0 Å². The highest BCUT2D eigenvalue weighted by Crippen LogP contribution is 2.06. The van der Waals surface area contributed by atoms with Crippen molar-refractivity contribution in [3.05, 3.63) is 11.6 Å². The minimum absolute atomic E-state index is 0.119. The van der Waals surface area contributed by atoms with Gasteiger partial charge in [0.1, 0.15) is 0 Å². The van der Waals surface area contributed by atoms with Gasteiger partial charge in [-0.2, -0.15) is 0 Å². The van der Waals surface area contributed by atoms with Gasteiger partial charge in [0.2, 0.25) is 0 Å². The first-order valence-electron chi connectivity index (χ1n) is 3.13. The van der Waals surface area contributed by atoms with Gasteiger partial charge in [0.15, 0.2) is 0 Å². The lowest BCUT2D eigenvalue weighted by Crippen LogP contribution is -2.12. The minimum Gasteiger partial charge on any atom is -0.394 e. The van der Waals surface area contributed by atoms with E-state index in [-0.39, 0.29) is 12.6 Å². The Balaban J connectivity index is 2.48. The number of aliphatic hydroxyl groups excluding tert-OH is 1. The summed E-state index contributed by atoms with van der Waals surface area (Å²) in [5, 5.41) is 8.63. The van der Waals surface area contributed by atoms with Crippen LogP contribution in [-0.4, -0.2) is 24.0 Å². The van der Waals surface area contributed by atoms with Crippen molar-refractivity contribution in [3.8, 4) is 0 Å². The van der Waals surface area contributed by atoms with Crippen LogP contribution in [0.2, 0.25) is 0 Å². The zero-order valence-electron chi connectivity index (χ0n) is 5.54. The van der Waals surface area contributed by atoms with E-state index in [1.807, 2.05) is 13.1 Å². The Labute approximate surface area is 54.9 Å². The molecule has 1 unspecified atom stereocenters. The van der Waals surface area contributed by atoms with E-state index in [1.165, 1.54) is 5.57 Å². The highest BCUT2D eigenvalue weighted by atomic mass is 16.3. The fourth-order valence-electron chi connectivity index (χ4n) is 0.780. The van der Waals surface area contributed by atoms with Crippen molar-refractivity contribution in [2.45, 2.75) is 19.4 Å². The Bertz CT molecular complexity index is 149. The van der Waals surface area contributed by atoms with Crippen molar-refractivity contribution in [1.82, 2.24) is 0 Å². The molecule has 9 heavy (non-hydrogen) atoms. The molecule has 0 amide bonds. The largest absolute Gasteiger partial charge is 0.394 e. The van der Waals surface area contributed by atoms with Gasteiger partial charge in [-0.1, -0.05) is 6.08 Å². The predicted octanol–water partition coefficient (Wildman–Crippen LogP) is 0.768. The molecule has 1 atom stereocenters. The summed E-state index contributed by atoms with van der Waals surface area (Å²) in [6.07, 6.45) is 4.79. The number of hydrogen-bond acceptors (Lipinski definition) is 2. The molecule has 0 radical (unpaired) electrons. The van der Waals surface area contributed by atoms with Crippen LogP contribution in [-0.2, 0) is 0 Å². The van der Waals surface area contributed by atoms with Crippen molar-refractivity contribution in [2.24, 2.45) is 4.99 Å². The average molecular weight is 125 g/mol. The number of aliphatic hydroxyl groups is 1. The maximum Gasteiger partial charge on any atom is 0.0764 e.